The smallest absolute Gasteiger partial charge is 0.312 e. The number of carbonyl (C=O) groups excluding carboxylic acids is 1. The molecule has 0 aliphatic rings. The maximum atomic E-state index is 11.2. The van der Waals surface area contributed by atoms with Crippen molar-refractivity contribution >= 4 is 11.7 Å². The van der Waals surface area contributed by atoms with E-state index in [1.165, 1.54) is 0 Å². The highest BCUT2D eigenvalue weighted by molar-refractivity contribution is 6.09. The van der Waals surface area contributed by atoms with E-state index in [0.29, 0.717) is 17.9 Å². The Morgan fingerprint density at radius 1 is 1.40 bits per heavy atom. The van der Waals surface area contributed by atoms with Gasteiger partial charge in [-0.25, -0.2) is 0 Å². The van der Waals surface area contributed by atoms with Crippen LogP contribution in [-0.4, -0.2) is 23.5 Å². The van der Waals surface area contributed by atoms with E-state index in [-0.39, 0.29) is 6.42 Å². The summed E-state index contributed by atoms with van der Waals surface area (Å²) in [5.41, 5.74) is 1.03. The molecule has 1 aromatic carbocycles. The first-order chi connectivity index (χ1) is 7.27. The quantitative estimate of drug-likeness (QED) is 0.354. The van der Waals surface area contributed by atoms with Crippen molar-refractivity contribution in [1.82, 2.24) is 0 Å². The van der Waals surface area contributed by atoms with Crippen molar-refractivity contribution in [2.24, 2.45) is 5.16 Å². The summed E-state index contributed by atoms with van der Waals surface area (Å²) in [6, 6.07) is 9.02. The lowest BCUT2D eigenvalue weighted by Gasteiger charge is -2.03. The van der Waals surface area contributed by atoms with E-state index < -0.39 is 5.97 Å². The molecular weight excluding hydrogens is 194 g/mol. The van der Waals surface area contributed by atoms with E-state index >= 15 is 0 Å². The molecule has 15 heavy (non-hydrogen) atoms. The third kappa shape index (κ3) is 3.42. The number of nitrogens with zero attached hydrogens (tertiary/aromatic N) is 1. The predicted molar refractivity (Wildman–Crippen MR) is 56.0 cm³/mol. The van der Waals surface area contributed by atoms with Crippen molar-refractivity contribution in [2.45, 2.75) is 13.3 Å². The fourth-order valence-electron chi connectivity index (χ4n) is 1.17. The Morgan fingerprint density at radius 3 is 2.60 bits per heavy atom. The summed E-state index contributed by atoms with van der Waals surface area (Å²) in [6.45, 7) is 2.06. The number of ether oxygens (including phenoxy) is 1. The summed E-state index contributed by atoms with van der Waals surface area (Å²) < 4.78 is 4.76. The van der Waals surface area contributed by atoms with Crippen molar-refractivity contribution in [3.05, 3.63) is 35.9 Å². The number of hydrogen-bond donors (Lipinski definition) is 1. The molecule has 0 aromatic heterocycles. The highest BCUT2D eigenvalue weighted by Crippen LogP contribution is 2.05. The molecule has 1 aromatic rings. The van der Waals surface area contributed by atoms with Crippen LogP contribution in [0.4, 0.5) is 0 Å². The minimum absolute atomic E-state index is 0.0195. The zero-order chi connectivity index (χ0) is 11.1. The van der Waals surface area contributed by atoms with Crippen molar-refractivity contribution in [1.29, 1.82) is 0 Å². The topological polar surface area (TPSA) is 58.9 Å². The van der Waals surface area contributed by atoms with Gasteiger partial charge < -0.3 is 9.94 Å². The van der Waals surface area contributed by atoms with Gasteiger partial charge in [-0.05, 0) is 12.5 Å². The SMILES string of the molecule is CCOC(=O)CC(=NO)c1ccccc1. The van der Waals surface area contributed by atoms with E-state index in [4.69, 9.17) is 9.94 Å². The fraction of sp³-hybridized carbons (Fsp3) is 0.273. The number of benzene rings is 1. The van der Waals surface area contributed by atoms with Crippen LogP contribution in [0.15, 0.2) is 35.5 Å². The van der Waals surface area contributed by atoms with Crippen molar-refractivity contribution in [3.63, 3.8) is 0 Å². The molecule has 4 nitrogen and oxygen atoms in total. The van der Waals surface area contributed by atoms with E-state index in [9.17, 15) is 4.79 Å². The maximum Gasteiger partial charge on any atom is 0.312 e. The molecule has 0 saturated carbocycles. The van der Waals surface area contributed by atoms with Gasteiger partial charge in [0.2, 0.25) is 0 Å². The summed E-state index contributed by atoms with van der Waals surface area (Å²) in [5.74, 6) is -0.394. The number of esters is 1. The van der Waals surface area contributed by atoms with Gasteiger partial charge in [-0.15, -0.1) is 0 Å². The standard InChI is InChI=1S/C11H13NO3/c1-2-15-11(13)8-10(12-14)9-6-4-3-5-7-9/h3-7,14H,2,8H2,1H3. The Kier molecular flexibility index (Phi) is 4.34. The first-order valence-corrected chi connectivity index (χ1v) is 4.70. The van der Waals surface area contributed by atoms with Crippen LogP contribution in [-0.2, 0) is 9.53 Å². The van der Waals surface area contributed by atoms with Crippen LogP contribution < -0.4 is 0 Å². The molecule has 0 spiro atoms. The lowest BCUT2D eigenvalue weighted by molar-refractivity contribution is -0.141. The van der Waals surface area contributed by atoms with Crippen LogP contribution >= 0.6 is 0 Å². The third-order valence-corrected chi connectivity index (χ3v) is 1.84. The van der Waals surface area contributed by atoms with Gasteiger partial charge >= 0.3 is 5.97 Å². The molecule has 0 saturated heterocycles. The zero-order valence-corrected chi connectivity index (χ0v) is 8.51. The Bertz CT molecular complexity index is 346. The molecule has 0 aliphatic heterocycles. The predicted octanol–water partition coefficient (Wildman–Crippen LogP) is 1.82. The van der Waals surface area contributed by atoms with Crippen molar-refractivity contribution < 1.29 is 14.7 Å². The largest absolute Gasteiger partial charge is 0.466 e. The van der Waals surface area contributed by atoms with E-state index in [0.717, 1.165) is 0 Å². The summed E-state index contributed by atoms with van der Waals surface area (Å²) >= 11 is 0. The molecule has 0 radical (unpaired) electrons. The molecule has 0 fully saturated rings. The van der Waals surface area contributed by atoms with Crippen molar-refractivity contribution in [2.75, 3.05) is 6.61 Å². The van der Waals surface area contributed by atoms with E-state index in [2.05, 4.69) is 5.16 Å². The molecular formula is C11H13NO3. The highest BCUT2D eigenvalue weighted by Gasteiger charge is 2.10. The van der Waals surface area contributed by atoms with E-state index in [1.807, 2.05) is 18.2 Å². The van der Waals surface area contributed by atoms with Crippen LogP contribution in [0, 0.1) is 0 Å². The van der Waals surface area contributed by atoms with Crippen LogP contribution in [0.5, 0.6) is 0 Å². The molecule has 1 N–H and O–H groups in total. The number of rotatable bonds is 4. The molecule has 80 valence electrons. The minimum atomic E-state index is -0.394. The Hall–Kier alpha value is -1.84. The van der Waals surface area contributed by atoms with Gasteiger partial charge in [0.1, 0.15) is 0 Å². The minimum Gasteiger partial charge on any atom is -0.466 e. The van der Waals surface area contributed by atoms with Gasteiger partial charge in [0.25, 0.3) is 0 Å². The average Bonchev–Trinajstić information content (AvgIpc) is 2.27. The average molecular weight is 207 g/mol. The van der Waals surface area contributed by atoms with Gasteiger partial charge in [0, 0.05) is 0 Å². The van der Waals surface area contributed by atoms with Crippen molar-refractivity contribution in [3.8, 4) is 0 Å². The van der Waals surface area contributed by atoms with Gasteiger partial charge in [0.15, 0.2) is 0 Å². The summed E-state index contributed by atoms with van der Waals surface area (Å²) in [4.78, 5) is 11.2. The van der Waals surface area contributed by atoms with Gasteiger partial charge in [-0.2, -0.15) is 0 Å². The second-order valence-corrected chi connectivity index (χ2v) is 2.89. The lowest BCUT2D eigenvalue weighted by Crippen LogP contribution is -2.12. The highest BCUT2D eigenvalue weighted by atomic mass is 16.5. The van der Waals surface area contributed by atoms with Crippen LogP contribution in [0.3, 0.4) is 0 Å². The molecule has 4 heteroatoms. The monoisotopic (exact) mass is 207 g/mol. The van der Waals surface area contributed by atoms with E-state index in [1.54, 1.807) is 19.1 Å². The first kappa shape index (κ1) is 11.2. The molecule has 0 atom stereocenters. The molecule has 0 amide bonds. The Balaban J connectivity index is 2.70. The molecule has 0 heterocycles. The second-order valence-electron chi connectivity index (χ2n) is 2.89. The summed E-state index contributed by atoms with van der Waals surface area (Å²) in [6.07, 6.45) is -0.0195. The van der Waals surface area contributed by atoms with Gasteiger partial charge in [-0.1, -0.05) is 35.5 Å². The Labute approximate surface area is 88.2 Å². The molecule has 0 bridgehead atoms. The normalized spacial score (nSPS) is 11.1. The summed E-state index contributed by atoms with van der Waals surface area (Å²) in [5, 5.41) is 11.9. The molecule has 0 aliphatic carbocycles. The second kappa shape index (κ2) is 5.80. The fourth-order valence-corrected chi connectivity index (χ4v) is 1.17. The molecule has 0 unspecified atom stereocenters. The Morgan fingerprint density at radius 2 is 2.07 bits per heavy atom. The summed E-state index contributed by atoms with van der Waals surface area (Å²) in [7, 11) is 0. The third-order valence-electron chi connectivity index (χ3n) is 1.84. The van der Waals surface area contributed by atoms with Crippen LogP contribution in [0.2, 0.25) is 0 Å². The number of hydrogen-bond acceptors (Lipinski definition) is 4. The van der Waals surface area contributed by atoms with Crippen LogP contribution in [0.1, 0.15) is 18.9 Å². The first-order valence-electron chi connectivity index (χ1n) is 4.70. The zero-order valence-electron chi connectivity index (χ0n) is 8.51. The number of carbonyl (C=O) groups is 1. The molecule has 1 rings (SSSR count). The maximum absolute atomic E-state index is 11.2. The van der Waals surface area contributed by atoms with Crippen LogP contribution in [0.25, 0.3) is 0 Å². The van der Waals surface area contributed by atoms with Gasteiger partial charge in [0.05, 0.1) is 18.7 Å². The van der Waals surface area contributed by atoms with Gasteiger partial charge in [-0.3, -0.25) is 4.79 Å². The lowest BCUT2D eigenvalue weighted by atomic mass is 10.1. The number of oxime groups is 1.